The summed E-state index contributed by atoms with van der Waals surface area (Å²) in [7, 11) is 0. The van der Waals surface area contributed by atoms with Gasteiger partial charge in [0.25, 0.3) is 11.5 Å². The van der Waals surface area contributed by atoms with Gasteiger partial charge in [0.2, 0.25) is 0 Å². The Labute approximate surface area is 209 Å². The molecule has 0 unspecified atom stereocenters. The Kier molecular flexibility index (Phi) is 7.17. The number of carbonyl (C=O) groups is 1. The maximum absolute atomic E-state index is 13.3. The second-order valence-corrected chi connectivity index (χ2v) is 10.3. The summed E-state index contributed by atoms with van der Waals surface area (Å²) in [5.74, 6) is -0.216. The van der Waals surface area contributed by atoms with Crippen LogP contribution in [0.5, 0.6) is 0 Å². The maximum Gasteiger partial charge on any atom is 0.266 e. The van der Waals surface area contributed by atoms with Crippen molar-refractivity contribution < 1.29 is 4.79 Å². The summed E-state index contributed by atoms with van der Waals surface area (Å²) in [5.41, 5.74) is 7.00. The zero-order valence-electron chi connectivity index (χ0n) is 20.3. The van der Waals surface area contributed by atoms with Crippen molar-refractivity contribution in [1.29, 1.82) is 0 Å². The topological polar surface area (TPSA) is 76.3 Å². The van der Waals surface area contributed by atoms with Gasteiger partial charge in [0.05, 0.1) is 28.6 Å². The SMILES string of the molecule is Cc1ccc(-n2c(SCC(=O)N/N=C/c3ccc(C(C)(C)C)cc3)nc3ccccc3c2=O)cc1. The van der Waals surface area contributed by atoms with Crippen LogP contribution in [0.1, 0.15) is 37.5 Å². The van der Waals surface area contributed by atoms with Crippen molar-refractivity contribution in [3.63, 3.8) is 0 Å². The molecule has 0 radical (unpaired) electrons. The summed E-state index contributed by atoms with van der Waals surface area (Å²) in [4.78, 5) is 30.4. The zero-order valence-corrected chi connectivity index (χ0v) is 21.1. The van der Waals surface area contributed by atoms with Gasteiger partial charge in [0.15, 0.2) is 5.16 Å². The molecule has 3 aromatic carbocycles. The number of nitrogens with zero attached hydrogens (tertiary/aromatic N) is 3. The molecule has 7 heteroatoms. The van der Waals surface area contributed by atoms with E-state index in [-0.39, 0.29) is 22.6 Å². The van der Waals surface area contributed by atoms with Crippen LogP contribution >= 0.6 is 11.8 Å². The van der Waals surface area contributed by atoms with Crippen LogP contribution in [0.2, 0.25) is 0 Å². The predicted molar refractivity (Wildman–Crippen MR) is 144 cm³/mol. The van der Waals surface area contributed by atoms with Crippen molar-refractivity contribution in [2.24, 2.45) is 5.10 Å². The highest BCUT2D eigenvalue weighted by molar-refractivity contribution is 7.99. The van der Waals surface area contributed by atoms with Crippen LogP contribution in [0, 0.1) is 6.92 Å². The van der Waals surface area contributed by atoms with Crippen molar-refractivity contribution in [2.75, 3.05) is 5.75 Å². The number of para-hydroxylation sites is 1. The molecule has 6 nitrogen and oxygen atoms in total. The normalized spacial score (nSPS) is 11.8. The highest BCUT2D eigenvalue weighted by atomic mass is 32.2. The second-order valence-electron chi connectivity index (χ2n) is 9.34. The summed E-state index contributed by atoms with van der Waals surface area (Å²) >= 11 is 1.20. The number of thioether (sulfide) groups is 1. The van der Waals surface area contributed by atoms with Crippen molar-refractivity contribution in [3.8, 4) is 5.69 Å². The lowest BCUT2D eigenvalue weighted by atomic mass is 9.87. The van der Waals surface area contributed by atoms with E-state index in [2.05, 4.69) is 48.4 Å². The summed E-state index contributed by atoms with van der Waals surface area (Å²) in [6, 6.07) is 23.0. The maximum atomic E-state index is 13.3. The molecular formula is C28H28N4O2S. The molecular weight excluding hydrogens is 456 g/mol. The molecule has 4 aromatic rings. The van der Waals surface area contributed by atoms with Crippen LogP contribution in [-0.4, -0.2) is 27.4 Å². The Morgan fingerprint density at radius 2 is 1.71 bits per heavy atom. The number of hydrogen-bond acceptors (Lipinski definition) is 5. The number of aromatic nitrogens is 2. The van der Waals surface area contributed by atoms with Gasteiger partial charge in [-0.05, 0) is 47.7 Å². The molecule has 1 aromatic heterocycles. The first-order chi connectivity index (χ1) is 16.7. The van der Waals surface area contributed by atoms with Gasteiger partial charge in [-0.2, -0.15) is 5.10 Å². The van der Waals surface area contributed by atoms with Crippen molar-refractivity contribution in [1.82, 2.24) is 15.0 Å². The molecule has 178 valence electrons. The molecule has 0 saturated heterocycles. The number of hydrogen-bond donors (Lipinski definition) is 1. The van der Waals surface area contributed by atoms with Crippen LogP contribution in [-0.2, 0) is 10.2 Å². The molecule has 1 heterocycles. The molecule has 1 N–H and O–H groups in total. The zero-order chi connectivity index (χ0) is 25.0. The van der Waals surface area contributed by atoms with Crippen molar-refractivity contribution >= 4 is 34.8 Å². The van der Waals surface area contributed by atoms with Crippen LogP contribution in [0.4, 0.5) is 0 Å². The third-order valence-corrected chi connectivity index (χ3v) is 6.49. The minimum Gasteiger partial charge on any atom is -0.272 e. The van der Waals surface area contributed by atoms with Gasteiger partial charge in [-0.25, -0.2) is 10.4 Å². The average molecular weight is 485 g/mol. The van der Waals surface area contributed by atoms with Gasteiger partial charge in [0, 0.05) is 0 Å². The molecule has 1 amide bonds. The molecule has 0 bridgehead atoms. The summed E-state index contributed by atoms with van der Waals surface area (Å²) in [6.07, 6.45) is 1.62. The summed E-state index contributed by atoms with van der Waals surface area (Å²) in [6.45, 7) is 8.48. The molecule has 0 fully saturated rings. The number of hydrazone groups is 1. The van der Waals surface area contributed by atoms with Gasteiger partial charge >= 0.3 is 0 Å². The Balaban J connectivity index is 1.50. The fourth-order valence-electron chi connectivity index (χ4n) is 3.54. The highest BCUT2D eigenvalue weighted by Crippen LogP contribution is 2.23. The van der Waals surface area contributed by atoms with E-state index in [0.717, 1.165) is 11.1 Å². The average Bonchev–Trinajstić information content (AvgIpc) is 2.83. The van der Waals surface area contributed by atoms with Gasteiger partial charge in [0.1, 0.15) is 0 Å². The Morgan fingerprint density at radius 3 is 2.40 bits per heavy atom. The predicted octanol–water partition coefficient (Wildman–Crippen LogP) is 5.23. The summed E-state index contributed by atoms with van der Waals surface area (Å²) in [5, 5.41) is 5.06. The van der Waals surface area contributed by atoms with Gasteiger partial charge in [-0.3, -0.25) is 14.2 Å². The molecule has 0 aliphatic heterocycles. The molecule has 35 heavy (non-hydrogen) atoms. The first-order valence-electron chi connectivity index (χ1n) is 11.4. The standard InChI is InChI=1S/C28H28N4O2S/c1-19-9-15-22(16-10-19)32-26(34)23-7-5-6-8-24(23)30-27(32)35-18-25(33)31-29-17-20-11-13-21(14-12-20)28(2,3)4/h5-17H,18H2,1-4H3,(H,31,33)/b29-17+. The minimum absolute atomic E-state index is 0.0664. The van der Waals surface area contributed by atoms with E-state index in [4.69, 9.17) is 0 Å². The molecule has 0 atom stereocenters. The van der Waals surface area contributed by atoms with E-state index in [1.807, 2.05) is 55.5 Å². The lowest BCUT2D eigenvalue weighted by Crippen LogP contribution is -2.24. The number of benzene rings is 3. The number of fused-ring (bicyclic) bond motifs is 1. The summed E-state index contributed by atoms with van der Waals surface area (Å²) < 4.78 is 1.56. The van der Waals surface area contributed by atoms with E-state index in [9.17, 15) is 9.59 Å². The third kappa shape index (κ3) is 5.87. The van der Waals surface area contributed by atoms with Gasteiger partial charge < -0.3 is 0 Å². The minimum atomic E-state index is -0.282. The smallest absolute Gasteiger partial charge is 0.266 e. The van der Waals surface area contributed by atoms with E-state index < -0.39 is 0 Å². The first kappa shape index (κ1) is 24.4. The third-order valence-electron chi connectivity index (χ3n) is 5.55. The van der Waals surface area contributed by atoms with Crippen LogP contribution in [0.3, 0.4) is 0 Å². The van der Waals surface area contributed by atoms with E-state index in [1.54, 1.807) is 22.9 Å². The van der Waals surface area contributed by atoms with Gasteiger partial charge in [-0.1, -0.05) is 86.6 Å². The highest BCUT2D eigenvalue weighted by Gasteiger charge is 2.15. The lowest BCUT2D eigenvalue weighted by molar-refractivity contribution is -0.118. The molecule has 0 saturated carbocycles. The number of aryl methyl sites for hydroxylation is 1. The van der Waals surface area contributed by atoms with E-state index >= 15 is 0 Å². The van der Waals surface area contributed by atoms with E-state index in [1.165, 1.54) is 17.3 Å². The monoisotopic (exact) mass is 484 g/mol. The second kappa shape index (κ2) is 10.3. The molecule has 0 spiro atoms. The Morgan fingerprint density at radius 1 is 1.03 bits per heavy atom. The fourth-order valence-corrected chi connectivity index (χ4v) is 4.35. The Bertz CT molecular complexity index is 1430. The molecule has 0 aliphatic rings. The lowest BCUT2D eigenvalue weighted by Gasteiger charge is -2.18. The quantitative estimate of drug-likeness (QED) is 0.176. The number of rotatable bonds is 6. The van der Waals surface area contributed by atoms with Crippen LogP contribution in [0.15, 0.2) is 87.8 Å². The number of carbonyl (C=O) groups excluding carboxylic acids is 1. The largest absolute Gasteiger partial charge is 0.272 e. The van der Waals surface area contributed by atoms with Crippen LogP contribution in [0.25, 0.3) is 16.6 Å². The Hall–Kier alpha value is -3.71. The number of amides is 1. The van der Waals surface area contributed by atoms with Crippen molar-refractivity contribution in [2.45, 2.75) is 38.3 Å². The van der Waals surface area contributed by atoms with Gasteiger partial charge in [-0.15, -0.1) is 0 Å². The van der Waals surface area contributed by atoms with Crippen molar-refractivity contribution in [3.05, 3.63) is 99.8 Å². The fraction of sp³-hybridized carbons (Fsp3) is 0.214. The number of nitrogens with one attached hydrogen (secondary N) is 1. The van der Waals surface area contributed by atoms with E-state index in [0.29, 0.717) is 21.7 Å². The molecule has 0 aliphatic carbocycles. The molecule has 4 rings (SSSR count). The van der Waals surface area contributed by atoms with Crippen LogP contribution < -0.4 is 11.0 Å². The first-order valence-corrected chi connectivity index (χ1v) is 12.3.